The Kier molecular flexibility index (Phi) is 10.0. The predicted octanol–water partition coefficient (Wildman–Crippen LogP) is 5.09. The smallest absolute Gasteiger partial charge is 0.406 e. The normalized spacial score (nSPS) is 27.0. The van der Waals surface area contributed by atoms with E-state index in [1.165, 1.54) is 9.80 Å². The summed E-state index contributed by atoms with van der Waals surface area (Å²) in [4.78, 5) is 88.0. The Morgan fingerprint density at radius 2 is 0.984 bits per heavy atom. The van der Waals surface area contributed by atoms with Crippen molar-refractivity contribution >= 4 is 35.8 Å². The van der Waals surface area contributed by atoms with Crippen LogP contribution in [-0.2, 0) is 52.2 Å². The molecule has 4 unspecified atom stereocenters. The molecule has 6 amide bonds. The van der Waals surface area contributed by atoms with Gasteiger partial charge in [-0.1, -0.05) is 150 Å². The quantitative estimate of drug-likeness (QED) is 0.143. The van der Waals surface area contributed by atoms with E-state index in [-0.39, 0.29) is 25.9 Å². The zero-order chi connectivity index (χ0) is 46.4. The molecule has 6 aliphatic heterocycles. The first kappa shape index (κ1) is 43.5. The first-order valence-electron chi connectivity index (χ1n) is 21.3. The summed E-state index contributed by atoms with van der Waals surface area (Å²) in [6.45, 7) is 12.0. The van der Waals surface area contributed by atoms with Crippen molar-refractivity contribution in [2.24, 2.45) is 23.3 Å². The summed E-state index contributed by atoms with van der Waals surface area (Å²) in [5, 5.41) is 26.3. The van der Waals surface area contributed by atoms with Crippen LogP contribution in [0.2, 0.25) is 0 Å². The fraction of sp³-hybridized carbons (Fsp3) is 0.360. The van der Waals surface area contributed by atoms with Gasteiger partial charge in [-0.15, -0.1) is 0 Å². The molecule has 0 aromatic heterocycles. The Balaban J connectivity index is 1.44. The molecule has 6 heterocycles. The van der Waals surface area contributed by atoms with Crippen molar-refractivity contribution in [1.29, 1.82) is 0 Å². The Bertz CT molecular complexity index is 2700. The summed E-state index contributed by atoms with van der Waals surface area (Å²) >= 11 is 0. The molecule has 10 rings (SSSR count). The second-order valence-electron chi connectivity index (χ2n) is 19.3. The van der Waals surface area contributed by atoms with Crippen LogP contribution >= 0.6 is 0 Å². The molecule has 0 spiro atoms. The fourth-order valence-electron chi connectivity index (χ4n) is 11.1. The SMILES string of the molecule is CC(C)(C)c1cccc([C@]2(NC(=O)O)C(=O)N3CCC(C(N)=O)[C@@]3(C#CC34c5ccc(cc5)C(NC(=O)O)(c5ccccc5)C(=O)N3CCC4C(N)=O)c3ccc2cc3)c1C(C)(C)C. The Hall–Kier alpha value is -7.14. The number of carbonyl (C=O) groups excluding carboxylic acids is 4. The van der Waals surface area contributed by atoms with Crippen molar-refractivity contribution in [2.75, 3.05) is 13.1 Å². The molecule has 0 saturated carbocycles. The van der Waals surface area contributed by atoms with Gasteiger partial charge in [0, 0.05) is 13.1 Å². The maximum absolute atomic E-state index is 16.2. The summed E-state index contributed by atoms with van der Waals surface area (Å²) in [5.74, 6) is 1.37. The second-order valence-corrected chi connectivity index (χ2v) is 19.3. The Labute approximate surface area is 371 Å². The predicted molar refractivity (Wildman–Crippen MR) is 236 cm³/mol. The van der Waals surface area contributed by atoms with Crippen molar-refractivity contribution in [3.05, 3.63) is 142 Å². The Morgan fingerprint density at radius 3 is 1.41 bits per heavy atom. The highest BCUT2D eigenvalue weighted by Crippen LogP contribution is 2.53. The molecular formula is C50H52N6O8. The molecule has 2 fully saturated rings. The molecule has 4 aromatic carbocycles. The van der Waals surface area contributed by atoms with E-state index in [2.05, 4.69) is 22.5 Å². The van der Waals surface area contributed by atoms with Crippen LogP contribution in [0, 0.1) is 23.7 Å². The van der Waals surface area contributed by atoms with E-state index in [0.717, 1.165) is 11.1 Å². The molecule has 8 N–H and O–H groups in total. The third kappa shape index (κ3) is 6.07. The number of amides is 6. The number of nitrogens with two attached hydrogens (primary N) is 2. The molecule has 0 aliphatic carbocycles. The molecule has 6 aliphatic rings. The van der Waals surface area contributed by atoms with Gasteiger partial charge in [-0.05, 0) is 68.2 Å². The van der Waals surface area contributed by atoms with Crippen molar-refractivity contribution in [2.45, 2.75) is 87.4 Å². The lowest BCUT2D eigenvalue weighted by Gasteiger charge is -2.48. The minimum Gasteiger partial charge on any atom is -0.465 e. The molecule has 4 aromatic rings. The standard InChI is InChI=1S/C50H52N6O8/c1-45(2,3)34-13-10-14-35(38(34)46(4,5)6)50(54-44(63)64)33-21-17-30(18-22-33)48(37(40(52)58)24-28-56(48)42(50)60)26-25-47-29-15-19-32(20-16-29)49(53-43(61)62,31-11-8-7-9-12-31)41(59)55(47)27-23-36(47)39(51)57/h7-22,36-37,53-54H,23-24,27-28H2,1-6H3,(H2,51,57)(H2,52,58)(H,61,62)(H,63,64)/t36?,37?,47?,48-,49?,50+/m1/s1. The number of hydrogen-bond acceptors (Lipinski definition) is 6. The monoisotopic (exact) mass is 864 g/mol. The van der Waals surface area contributed by atoms with E-state index in [1.807, 2.05) is 53.7 Å². The van der Waals surface area contributed by atoms with Crippen LogP contribution in [0.3, 0.4) is 0 Å². The molecule has 6 atom stereocenters. The number of nitrogens with zero attached hydrogens (tertiary/aromatic N) is 2. The molecule has 64 heavy (non-hydrogen) atoms. The first-order valence-corrected chi connectivity index (χ1v) is 21.3. The van der Waals surface area contributed by atoms with Crippen LogP contribution in [0.1, 0.15) is 98.9 Å². The zero-order valence-corrected chi connectivity index (χ0v) is 36.6. The van der Waals surface area contributed by atoms with Gasteiger partial charge in [-0.25, -0.2) is 9.59 Å². The van der Waals surface area contributed by atoms with Gasteiger partial charge < -0.3 is 31.5 Å². The number of hydrogen-bond donors (Lipinski definition) is 6. The van der Waals surface area contributed by atoms with Gasteiger partial charge in [-0.2, -0.15) is 0 Å². The van der Waals surface area contributed by atoms with Crippen molar-refractivity contribution in [3.8, 4) is 11.8 Å². The van der Waals surface area contributed by atoms with Crippen molar-refractivity contribution in [1.82, 2.24) is 20.4 Å². The molecule has 2 saturated heterocycles. The van der Waals surface area contributed by atoms with Crippen LogP contribution in [-0.4, -0.2) is 68.9 Å². The van der Waals surface area contributed by atoms with Crippen molar-refractivity contribution < 1.29 is 39.0 Å². The van der Waals surface area contributed by atoms with E-state index in [9.17, 15) is 29.4 Å². The van der Waals surface area contributed by atoms with Gasteiger partial charge in [0.25, 0.3) is 11.8 Å². The number of primary amides is 2. The molecule has 330 valence electrons. The van der Waals surface area contributed by atoms with E-state index in [0.29, 0.717) is 33.4 Å². The van der Waals surface area contributed by atoms with Crippen LogP contribution in [0.4, 0.5) is 9.59 Å². The first-order chi connectivity index (χ1) is 30.1. The molecule has 14 nitrogen and oxygen atoms in total. The zero-order valence-electron chi connectivity index (χ0n) is 36.6. The Morgan fingerprint density at radius 1 is 0.578 bits per heavy atom. The molecule has 4 bridgehead atoms. The van der Waals surface area contributed by atoms with Crippen molar-refractivity contribution in [3.63, 3.8) is 0 Å². The summed E-state index contributed by atoms with van der Waals surface area (Å²) < 4.78 is 0. The summed E-state index contributed by atoms with van der Waals surface area (Å²) in [5.41, 5.74) is 7.45. The average molecular weight is 865 g/mol. The number of carboxylic acid groups (broad SMARTS) is 2. The fourth-order valence-corrected chi connectivity index (χ4v) is 11.1. The summed E-state index contributed by atoms with van der Waals surface area (Å²) in [6, 6.07) is 27.2. The molecule has 0 radical (unpaired) electrons. The van der Waals surface area contributed by atoms with E-state index in [4.69, 9.17) is 11.5 Å². The van der Waals surface area contributed by atoms with Crippen LogP contribution in [0.5, 0.6) is 0 Å². The maximum Gasteiger partial charge on any atom is 0.406 e. The van der Waals surface area contributed by atoms with Gasteiger partial charge in [0.2, 0.25) is 11.8 Å². The lowest BCUT2D eigenvalue weighted by molar-refractivity contribution is -0.143. The topological polar surface area (TPSA) is 225 Å². The number of fused-ring (bicyclic) bond motifs is 6. The second kappa shape index (κ2) is 14.7. The lowest BCUT2D eigenvalue weighted by atomic mass is 9.66. The molecule has 14 heteroatoms. The van der Waals surface area contributed by atoms with Gasteiger partial charge in [0.15, 0.2) is 11.1 Å². The van der Waals surface area contributed by atoms with Crippen LogP contribution in [0.15, 0.2) is 97.1 Å². The van der Waals surface area contributed by atoms with Gasteiger partial charge in [0.05, 0.1) is 11.8 Å². The van der Waals surface area contributed by atoms with Crippen LogP contribution < -0.4 is 22.1 Å². The van der Waals surface area contributed by atoms with E-state index < -0.39 is 80.6 Å². The highest BCUT2D eigenvalue weighted by molar-refractivity contribution is 5.99. The number of carbonyl (C=O) groups is 6. The molecular weight excluding hydrogens is 813 g/mol. The van der Waals surface area contributed by atoms with E-state index >= 15 is 9.59 Å². The average Bonchev–Trinajstić information content (AvgIpc) is 3.82. The van der Waals surface area contributed by atoms with Gasteiger partial charge in [-0.3, -0.25) is 29.8 Å². The van der Waals surface area contributed by atoms with Gasteiger partial charge >= 0.3 is 12.2 Å². The van der Waals surface area contributed by atoms with Gasteiger partial charge in [0.1, 0.15) is 11.1 Å². The minimum atomic E-state index is -2.08. The van der Waals surface area contributed by atoms with Crippen LogP contribution in [0.25, 0.3) is 0 Å². The lowest BCUT2D eigenvalue weighted by Crippen LogP contribution is -2.64. The summed E-state index contributed by atoms with van der Waals surface area (Å²) in [6.07, 6.45) is -2.87. The number of benzene rings is 4. The van der Waals surface area contributed by atoms with E-state index in [1.54, 1.807) is 84.9 Å². The number of rotatable bonds is 6. The maximum atomic E-state index is 16.2. The third-order valence-electron chi connectivity index (χ3n) is 13.7. The number of nitrogens with one attached hydrogen (secondary N) is 2. The third-order valence-corrected chi connectivity index (χ3v) is 13.7. The highest BCUT2D eigenvalue weighted by atomic mass is 16.4. The highest BCUT2D eigenvalue weighted by Gasteiger charge is 2.63. The largest absolute Gasteiger partial charge is 0.465 e. The summed E-state index contributed by atoms with van der Waals surface area (Å²) in [7, 11) is 0. The minimum absolute atomic E-state index is 0.0385.